The molecule has 0 radical (unpaired) electrons. The lowest BCUT2D eigenvalue weighted by molar-refractivity contribution is -0.118. The van der Waals surface area contributed by atoms with Crippen molar-refractivity contribution in [3.05, 3.63) is 36.4 Å². The zero-order chi connectivity index (χ0) is 12.1. The lowest BCUT2D eigenvalue weighted by Crippen LogP contribution is -2.24. The van der Waals surface area contributed by atoms with Crippen molar-refractivity contribution in [2.24, 2.45) is 0 Å². The number of hydrogen-bond donors (Lipinski definition) is 1. The molecular formula is C13H14N2OS. The van der Waals surface area contributed by atoms with Gasteiger partial charge >= 0.3 is 0 Å². The van der Waals surface area contributed by atoms with Crippen molar-refractivity contribution in [1.29, 1.82) is 0 Å². The number of pyridine rings is 1. The van der Waals surface area contributed by atoms with E-state index in [1.165, 1.54) is 11.8 Å². The van der Waals surface area contributed by atoms with Crippen molar-refractivity contribution in [2.45, 2.75) is 11.9 Å². The Morgan fingerprint density at radius 2 is 2.12 bits per heavy atom. The molecule has 0 aliphatic carbocycles. The summed E-state index contributed by atoms with van der Waals surface area (Å²) in [6, 6.07) is 11.9. The first-order valence-corrected chi connectivity index (χ1v) is 6.53. The van der Waals surface area contributed by atoms with Crippen LogP contribution in [0.2, 0.25) is 0 Å². The molecule has 88 valence electrons. The van der Waals surface area contributed by atoms with Gasteiger partial charge in [0.1, 0.15) is 0 Å². The second-order valence-corrected chi connectivity index (χ2v) is 4.58. The number of aromatic nitrogens is 1. The summed E-state index contributed by atoms with van der Waals surface area (Å²) in [7, 11) is 0. The van der Waals surface area contributed by atoms with Crippen LogP contribution in [0.4, 0.5) is 0 Å². The first kappa shape index (κ1) is 11.9. The van der Waals surface area contributed by atoms with Gasteiger partial charge in [-0.25, -0.2) is 4.98 Å². The summed E-state index contributed by atoms with van der Waals surface area (Å²) in [5.41, 5.74) is 0.966. The molecule has 1 aromatic heterocycles. The van der Waals surface area contributed by atoms with Gasteiger partial charge in [-0.05, 0) is 19.1 Å². The largest absolute Gasteiger partial charge is 0.356 e. The Balaban J connectivity index is 2.06. The standard InChI is InChI=1S/C13H14N2OS/c1-2-14-12(16)9-17-13-8-7-10-5-3-4-6-11(10)15-13/h3-8H,2,9H2,1H3,(H,14,16). The summed E-state index contributed by atoms with van der Waals surface area (Å²) >= 11 is 1.46. The SMILES string of the molecule is CCNC(=O)CSc1ccc2ccccc2n1. The predicted octanol–water partition coefficient (Wildman–Crippen LogP) is 2.46. The number of nitrogens with zero attached hydrogens (tertiary/aromatic N) is 1. The highest BCUT2D eigenvalue weighted by atomic mass is 32.2. The van der Waals surface area contributed by atoms with Gasteiger partial charge in [0, 0.05) is 11.9 Å². The van der Waals surface area contributed by atoms with Gasteiger partial charge < -0.3 is 5.32 Å². The monoisotopic (exact) mass is 246 g/mol. The van der Waals surface area contributed by atoms with Gasteiger partial charge in [-0.1, -0.05) is 36.0 Å². The fraction of sp³-hybridized carbons (Fsp3) is 0.231. The number of hydrogen-bond acceptors (Lipinski definition) is 3. The minimum absolute atomic E-state index is 0.0486. The summed E-state index contributed by atoms with van der Waals surface area (Å²) in [5, 5.41) is 4.77. The second kappa shape index (κ2) is 5.68. The van der Waals surface area contributed by atoms with Crippen LogP contribution >= 0.6 is 11.8 Å². The quantitative estimate of drug-likeness (QED) is 0.843. The number of benzene rings is 1. The van der Waals surface area contributed by atoms with Crippen LogP contribution in [0.1, 0.15) is 6.92 Å². The number of thioether (sulfide) groups is 1. The van der Waals surface area contributed by atoms with Gasteiger partial charge in [-0.3, -0.25) is 4.79 Å². The average molecular weight is 246 g/mol. The number of carbonyl (C=O) groups excluding carboxylic acids is 1. The molecule has 1 amide bonds. The first-order chi connectivity index (χ1) is 8.29. The maximum absolute atomic E-state index is 11.3. The van der Waals surface area contributed by atoms with Gasteiger partial charge in [0.05, 0.1) is 16.3 Å². The van der Waals surface area contributed by atoms with Crippen LogP contribution in [0.5, 0.6) is 0 Å². The Hall–Kier alpha value is -1.55. The minimum Gasteiger partial charge on any atom is -0.356 e. The van der Waals surface area contributed by atoms with E-state index in [9.17, 15) is 4.79 Å². The normalized spacial score (nSPS) is 10.4. The van der Waals surface area contributed by atoms with Crippen LogP contribution in [0.3, 0.4) is 0 Å². The van der Waals surface area contributed by atoms with E-state index in [0.717, 1.165) is 15.9 Å². The van der Waals surface area contributed by atoms with Gasteiger partial charge in [-0.2, -0.15) is 0 Å². The summed E-state index contributed by atoms with van der Waals surface area (Å²) < 4.78 is 0. The fourth-order valence-electron chi connectivity index (χ4n) is 1.52. The van der Waals surface area contributed by atoms with E-state index in [1.807, 2.05) is 43.3 Å². The molecule has 17 heavy (non-hydrogen) atoms. The van der Waals surface area contributed by atoms with Gasteiger partial charge in [-0.15, -0.1) is 0 Å². The van der Waals surface area contributed by atoms with Crippen LogP contribution in [0.15, 0.2) is 41.4 Å². The van der Waals surface area contributed by atoms with E-state index in [0.29, 0.717) is 12.3 Å². The highest BCUT2D eigenvalue weighted by molar-refractivity contribution is 7.99. The molecule has 0 spiro atoms. The van der Waals surface area contributed by atoms with Crippen LogP contribution < -0.4 is 5.32 Å². The van der Waals surface area contributed by atoms with Gasteiger partial charge in [0.2, 0.25) is 5.91 Å². The van der Waals surface area contributed by atoms with Crippen LogP contribution in [0.25, 0.3) is 10.9 Å². The van der Waals surface area contributed by atoms with E-state index in [1.54, 1.807) is 0 Å². The summed E-state index contributed by atoms with van der Waals surface area (Å²) in [6.07, 6.45) is 0. The Kier molecular flexibility index (Phi) is 3.98. The number of fused-ring (bicyclic) bond motifs is 1. The molecule has 0 fully saturated rings. The third-order valence-corrected chi connectivity index (χ3v) is 3.23. The molecule has 2 aromatic rings. The highest BCUT2D eigenvalue weighted by Crippen LogP contribution is 2.19. The molecule has 0 bridgehead atoms. The van der Waals surface area contributed by atoms with Crippen molar-refractivity contribution in [3.8, 4) is 0 Å². The fourth-order valence-corrected chi connectivity index (χ4v) is 2.22. The van der Waals surface area contributed by atoms with E-state index < -0.39 is 0 Å². The molecule has 4 heteroatoms. The van der Waals surface area contributed by atoms with Crippen molar-refractivity contribution in [2.75, 3.05) is 12.3 Å². The number of para-hydroxylation sites is 1. The number of rotatable bonds is 4. The molecular weight excluding hydrogens is 232 g/mol. The molecule has 1 N–H and O–H groups in total. The minimum atomic E-state index is 0.0486. The number of nitrogens with one attached hydrogen (secondary N) is 1. The molecule has 1 aromatic carbocycles. The van der Waals surface area contributed by atoms with Crippen LogP contribution in [0, 0.1) is 0 Å². The lowest BCUT2D eigenvalue weighted by atomic mass is 10.2. The van der Waals surface area contributed by atoms with Gasteiger partial charge in [0.15, 0.2) is 0 Å². The molecule has 0 unspecified atom stereocenters. The third kappa shape index (κ3) is 3.20. The van der Waals surface area contributed by atoms with E-state index in [4.69, 9.17) is 0 Å². The molecule has 0 saturated heterocycles. The zero-order valence-electron chi connectivity index (χ0n) is 9.64. The van der Waals surface area contributed by atoms with E-state index in [-0.39, 0.29) is 5.91 Å². The Morgan fingerprint density at radius 1 is 1.29 bits per heavy atom. The summed E-state index contributed by atoms with van der Waals surface area (Å²) in [6.45, 7) is 2.58. The smallest absolute Gasteiger partial charge is 0.230 e. The lowest BCUT2D eigenvalue weighted by Gasteiger charge is -2.03. The summed E-state index contributed by atoms with van der Waals surface area (Å²) in [5.74, 6) is 0.464. The molecule has 2 rings (SSSR count). The number of amides is 1. The third-order valence-electron chi connectivity index (χ3n) is 2.30. The zero-order valence-corrected chi connectivity index (χ0v) is 10.5. The predicted molar refractivity (Wildman–Crippen MR) is 71.2 cm³/mol. The molecule has 0 aliphatic heterocycles. The Labute approximate surface area is 105 Å². The van der Waals surface area contributed by atoms with Crippen molar-refractivity contribution < 1.29 is 4.79 Å². The number of carbonyl (C=O) groups is 1. The summed E-state index contributed by atoms with van der Waals surface area (Å²) in [4.78, 5) is 15.8. The molecule has 0 aliphatic rings. The van der Waals surface area contributed by atoms with Gasteiger partial charge in [0.25, 0.3) is 0 Å². The van der Waals surface area contributed by atoms with E-state index in [2.05, 4.69) is 10.3 Å². The molecule has 3 nitrogen and oxygen atoms in total. The van der Waals surface area contributed by atoms with Crippen LogP contribution in [-0.2, 0) is 4.79 Å². The Morgan fingerprint density at radius 3 is 2.94 bits per heavy atom. The van der Waals surface area contributed by atoms with Crippen molar-refractivity contribution in [1.82, 2.24) is 10.3 Å². The molecule has 1 heterocycles. The maximum atomic E-state index is 11.3. The first-order valence-electron chi connectivity index (χ1n) is 5.55. The second-order valence-electron chi connectivity index (χ2n) is 3.58. The van der Waals surface area contributed by atoms with Crippen LogP contribution in [-0.4, -0.2) is 23.2 Å². The highest BCUT2D eigenvalue weighted by Gasteiger charge is 2.03. The van der Waals surface area contributed by atoms with E-state index >= 15 is 0 Å². The molecule has 0 atom stereocenters. The Bertz CT molecular complexity index is 528. The van der Waals surface area contributed by atoms with Crippen molar-refractivity contribution in [3.63, 3.8) is 0 Å². The molecule has 0 saturated carbocycles. The van der Waals surface area contributed by atoms with Crippen molar-refractivity contribution >= 4 is 28.6 Å². The topological polar surface area (TPSA) is 42.0 Å². The average Bonchev–Trinajstić information content (AvgIpc) is 2.36. The maximum Gasteiger partial charge on any atom is 0.230 e.